The minimum atomic E-state index is -0.726. The van der Waals surface area contributed by atoms with Crippen molar-refractivity contribution in [1.29, 1.82) is 0 Å². The Morgan fingerprint density at radius 3 is 1.44 bits per heavy atom. The van der Waals surface area contributed by atoms with Gasteiger partial charge in [0.15, 0.2) is 0 Å². The molecule has 0 heterocycles. The molecule has 0 atom stereocenters. The van der Waals surface area contributed by atoms with Crippen molar-refractivity contribution in [2.24, 2.45) is 0 Å². The summed E-state index contributed by atoms with van der Waals surface area (Å²) in [4.78, 5) is 2.39. The quantitative estimate of drug-likeness (QED) is 0.167. The molecule has 0 saturated heterocycles. The van der Waals surface area contributed by atoms with Crippen molar-refractivity contribution in [1.82, 2.24) is 0 Å². The highest BCUT2D eigenvalue weighted by Crippen LogP contribution is 2.58. The summed E-state index contributed by atoms with van der Waals surface area (Å²) in [5, 5.41) is 0. The van der Waals surface area contributed by atoms with Crippen LogP contribution in [0.25, 0.3) is 33.4 Å². The van der Waals surface area contributed by atoms with Gasteiger partial charge in [-0.3, -0.25) is 0 Å². The molecule has 0 amide bonds. The van der Waals surface area contributed by atoms with Gasteiger partial charge in [0.2, 0.25) is 0 Å². The van der Waals surface area contributed by atoms with Crippen LogP contribution in [0.3, 0.4) is 0 Å². The lowest BCUT2D eigenvalue weighted by Gasteiger charge is -2.35. The van der Waals surface area contributed by atoms with Crippen LogP contribution in [0.4, 0.5) is 21.5 Å². The van der Waals surface area contributed by atoms with Crippen molar-refractivity contribution in [3.05, 3.63) is 233 Å². The van der Waals surface area contributed by atoms with Crippen LogP contribution < -0.4 is 4.90 Å². The topological polar surface area (TPSA) is 3.24 Å². The van der Waals surface area contributed by atoms with E-state index in [-0.39, 0.29) is 11.2 Å². The standard InChI is InChI=1S/C52H38FN/c1-51(2)47-21-13-12-20-43(47)44-30-27-41(33-48(44)51)54(40-25-22-36(23-26-40)35-14-6-3-7-15-35)42-28-31-46-45-29-24-39(53)32-49(45)52(50(46)34-42,37-16-8-4-9-17-37)38-18-10-5-11-19-38/h3-34H,1-2H3. The molecule has 2 heteroatoms. The molecule has 0 aromatic heterocycles. The third kappa shape index (κ3) is 4.76. The van der Waals surface area contributed by atoms with Gasteiger partial charge >= 0.3 is 0 Å². The first-order valence-electron chi connectivity index (χ1n) is 18.7. The molecular formula is C52H38FN. The fourth-order valence-corrected chi connectivity index (χ4v) is 9.30. The summed E-state index contributed by atoms with van der Waals surface area (Å²) in [6, 6.07) is 68.5. The molecule has 258 valence electrons. The van der Waals surface area contributed by atoms with Gasteiger partial charge in [-0.15, -0.1) is 0 Å². The van der Waals surface area contributed by atoms with Crippen LogP contribution in [0.1, 0.15) is 47.2 Å². The molecule has 0 bridgehead atoms. The molecule has 1 nitrogen and oxygen atoms in total. The minimum Gasteiger partial charge on any atom is -0.310 e. The van der Waals surface area contributed by atoms with Crippen LogP contribution >= 0.6 is 0 Å². The summed E-state index contributed by atoms with van der Waals surface area (Å²) < 4.78 is 15.4. The van der Waals surface area contributed by atoms with Gasteiger partial charge in [0.1, 0.15) is 5.82 Å². The lowest BCUT2D eigenvalue weighted by Crippen LogP contribution is -2.29. The van der Waals surface area contributed by atoms with E-state index in [1.807, 2.05) is 6.07 Å². The number of nitrogens with zero attached hydrogens (tertiary/aromatic N) is 1. The molecule has 0 fully saturated rings. The van der Waals surface area contributed by atoms with Gasteiger partial charge in [-0.2, -0.15) is 0 Å². The van der Waals surface area contributed by atoms with Gasteiger partial charge in [-0.05, 0) is 115 Å². The normalized spacial score (nSPS) is 14.1. The minimum absolute atomic E-state index is 0.149. The SMILES string of the molecule is CC1(C)c2ccccc2-c2ccc(N(c3ccc(-c4ccccc4)cc3)c3ccc4c(c3)C(c3ccccc3)(c3ccccc3)c3cc(F)ccc3-4)cc21. The third-order valence-electron chi connectivity index (χ3n) is 11.8. The first-order valence-corrected chi connectivity index (χ1v) is 18.7. The Bertz CT molecular complexity index is 2640. The van der Waals surface area contributed by atoms with Gasteiger partial charge in [0.25, 0.3) is 0 Å². The average Bonchev–Trinajstić information content (AvgIpc) is 3.64. The van der Waals surface area contributed by atoms with Crippen molar-refractivity contribution in [3.8, 4) is 33.4 Å². The first-order chi connectivity index (χ1) is 26.4. The highest BCUT2D eigenvalue weighted by Gasteiger charge is 2.47. The summed E-state index contributed by atoms with van der Waals surface area (Å²) in [5.74, 6) is -0.236. The summed E-state index contributed by atoms with van der Waals surface area (Å²) in [6.45, 7) is 4.67. The first kappa shape index (κ1) is 32.2. The molecule has 0 unspecified atom stereocenters. The number of halogens is 1. The van der Waals surface area contributed by atoms with Crippen molar-refractivity contribution in [2.45, 2.75) is 24.7 Å². The highest BCUT2D eigenvalue weighted by molar-refractivity contribution is 5.91. The van der Waals surface area contributed by atoms with E-state index >= 15 is 4.39 Å². The van der Waals surface area contributed by atoms with Crippen molar-refractivity contribution in [3.63, 3.8) is 0 Å². The van der Waals surface area contributed by atoms with E-state index in [1.165, 1.54) is 33.4 Å². The number of fused-ring (bicyclic) bond motifs is 6. The van der Waals surface area contributed by atoms with Crippen molar-refractivity contribution >= 4 is 17.1 Å². The fraction of sp³-hybridized carbons (Fsp3) is 0.0769. The van der Waals surface area contributed by atoms with Crippen LogP contribution in [0.5, 0.6) is 0 Å². The second-order valence-electron chi connectivity index (χ2n) is 15.1. The maximum absolute atomic E-state index is 15.4. The highest BCUT2D eigenvalue weighted by atomic mass is 19.1. The number of anilines is 3. The summed E-state index contributed by atoms with van der Waals surface area (Å²) in [6.07, 6.45) is 0. The van der Waals surface area contributed by atoms with Crippen LogP contribution in [0.2, 0.25) is 0 Å². The Hall–Kier alpha value is -6.51. The van der Waals surface area contributed by atoms with Gasteiger partial charge in [0, 0.05) is 22.5 Å². The van der Waals surface area contributed by atoms with Gasteiger partial charge < -0.3 is 4.90 Å². The zero-order valence-electron chi connectivity index (χ0n) is 30.3. The molecule has 8 aromatic rings. The molecule has 0 radical (unpaired) electrons. The largest absolute Gasteiger partial charge is 0.310 e. The van der Waals surface area contributed by atoms with E-state index in [0.29, 0.717) is 0 Å². The summed E-state index contributed by atoms with van der Waals surface area (Å²) in [7, 11) is 0. The molecule has 0 spiro atoms. The summed E-state index contributed by atoms with van der Waals surface area (Å²) in [5.41, 5.74) is 16.4. The Kier molecular flexibility index (Phi) is 7.32. The van der Waals surface area contributed by atoms with Crippen LogP contribution in [0.15, 0.2) is 194 Å². The molecule has 2 aliphatic rings. The van der Waals surface area contributed by atoms with E-state index in [1.54, 1.807) is 12.1 Å². The fourth-order valence-electron chi connectivity index (χ4n) is 9.30. The van der Waals surface area contributed by atoms with E-state index in [9.17, 15) is 0 Å². The van der Waals surface area contributed by atoms with Crippen LogP contribution in [0, 0.1) is 5.82 Å². The van der Waals surface area contributed by atoms with Crippen LogP contribution in [-0.4, -0.2) is 0 Å². The van der Waals surface area contributed by atoms with Crippen molar-refractivity contribution in [2.75, 3.05) is 4.90 Å². The molecule has 0 N–H and O–H groups in total. The van der Waals surface area contributed by atoms with Gasteiger partial charge in [-0.1, -0.05) is 159 Å². The summed E-state index contributed by atoms with van der Waals surface area (Å²) >= 11 is 0. The molecule has 54 heavy (non-hydrogen) atoms. The lowest BCUT2D eigenvalue weighted by atomic mass is 9.67. The Labute approximate surface area is 316 Å². The average molecular weight is 696 g/mol. The molecule has 2 aliphatic carbocycles. The van der Waals surface area contributed by atoms with E-state index in [2.05, 4.69) is 195 Å². The Morgan fingerprint density at radius 1 is 0.370 bits per heavy atom. The van der Waals surface area contributed by atoms with E-state index in [0.717, 1.165) is 50.4 Å². The number of hydrogen-bond acceptors (Lipinski definition) is 1. The molecule has 10 rings (SSSR count). The number of benzene rings is 8. The smallest absolute Gasteiger partial charge is 0.123 e. The molecule has 8 aromatic carbocycles. The monoisotopic (exact) mass is 695 g/mol. The third-order valence-corrected chi connectivity index (χ3v) is 11.8. The van der Waals surface area contributed by atoms with Gasteiger partial charge in [-0.25, -0.2) is 4.39 Å². The second kappa shape index (κ2) is 12.3. The Morgan fingerprint density at radius 2 is 0.815 bits per heavy atom. The predicted octanol–water partition coefficient (Wildman–Crippen LogP) is 13.6. The zero-order chi connectivity index (χ0) is 36.4. The number of rotatable bonds is 6. The van der Waals surface area contributed by atoms with E-state index in [4.69, 9.17) is 0 Å². The maximum Gasteiger partial charge on any atom is 0.123 e. The molecule has 0 saturated carbocycles. The van der Waals surface area contributed by atoms with Crippen molar-refractivity contribution < 1.29 is 4.39 Å². The molecular weight excluding hydrogens is 658 g/mol. The predicted molar refractivity (Wildman–Crippen MR) is 221 cm³/mol. The molecule has 0 aliphatic heterocycles. The second-order valence-corrected chi connectivity index (χ2v) is 15.1. The zero-order valence-corrected chi connectivity index (χ0v) is 30.3. The Balaban J connectivity index is 1.22. The lowest BCUT2D eigenvalue weighted by molar-refractivity contribution is 0.621. The van der Waals surface area contributed by atoms with Crippen LogP contribution in [-0.2, 0) is 10.8 Å². The van der Waals surface area contributed by atoms with Gasteiger partial charge in [0.05, 0.1) is 5.41 Å². The maximum atomic E-state index is 15.4. The van der Waals surface area contributed by atoms with E-state index < -0.39 is 5.41 Å². The number of hydrogen-bond donors (Lipinski definition) is 0.